The third-order valence-corrected chi connectivity index (χ3v) is 3.68. The molecule has 1 fully saturated rings. The molecule has 0 aromatic heterocycles. The highest BCUT2D eigenvalue weighted by molar-refractivity contribution is 5.79. The van der Waals surface area contributed by atoms with Crippen LogP contribution >= 0.6 is 0 Å². The number of hydrogen-bond donors (Lipinski definition) is 2. The molecule has 1 aliphatic heterocycles. The first kappa shape index (κ1) is 16.3. The van der Waals surface area contributed by atoms with Crippen LogP contribution in [0.3, 0.4) is 0 Å². The molecule has 0 radical (unpaired) electrons. The van der Waals surface area contributed by atoms with E-state index in [1.165, 1.54) is 32.5 Å². The Kier molecular flexibility index (Phi) is 7.87. The van der Waals surface area contributed by atoms with Crippen LogP contribution in [0.5, 0.6) is 0 Å². The molecule has 1 aliphatic rings. The minimum Gasteiger partial charge on any atom is -0.357 e. The molecule has 19 heavy (non-hydrogen) atoms. The van der Waals surface area contributed by atoms with Gasteiger partial charge in [-0.2, -0.15) is 0 Å². The molecule has 0 amide bonds. The van der Waals surface area contributed by atoms with Crippen LogP contribution in [0.15, 0.2) is 4.99 Å². The summed E-state index contributed by atoms with van der Waals surface area (Å²) in [4.78, 5) is 7.24. The highest BCUT2D eigenvalue weighted by atomic mass is 15.2. The topological polar surface area (TPSA) is 39.7 Å². The van der Waals surface area contributed by atoms with E-state index in [1.807, 2.05) is 0 Å². The van der Waals surface area contributed by atoms with Crippen LogP contribution in [0.25, 0.3) is 0 Å². The Labute approximate surface area is 119 Å². The maximum absolute atomic E-state index is 4.73. The van der Waals surface area contributed by atoms with Crippen molar-refractivity contribution >= 4 is 5.96 Å². The second-order valence-electron chi connectivity index (χ2n) is 5.88. The van der Waals surface area contributed by atoms with Gasteiger partial charge >= 0.3 is 0 Å². The van der Waals surface area contributed by atoms with E-state index in [9.17, 15) is 0 Å². The maximum atomic E-state index is 4.73. The van der Waals surface area contributed by atoms with Crippen LogP contribution in [0.2, 0.25) is 0 Å². The zero-order chi connectivity index (χ0) is 14.1. The summed E-state index contributed by atoms with van der Waals surface area (Å²) in [5, 5.41) is 6.76. The van der Waals surface area contributed by atoms with Crippen LogP contribution in [-0.2, 0) is 0 Å². The molecule has 112 valence electrons. The fourth-order valence-electron chi connectivity index (χ4n) is 2.39. The van der Waals surface area contributed by atoms with Crippen LogP contribution < -0.4 is 10.6 Å². The molecule has 0 aromatic carbocycles. The highest BCUT2D eigenvalue weighted by Gasteiger charge is 2.20. The van der Waals surface area contributed by atoms with Crippen molar-refractivity contribution in [1.82, 2.24) is 15.5 Å². The van der Waals surface area contributed by atoms with E-state index in [0.29, 0.717) is 0 Å². The van der Waals surface area contributed by atoms with Crippen molar-refractivity contribution < 1.29 is 0 Å². The lowest BCUT2D eigenvalue weighted by Crippen LogP contribution is -2.38. The number of aliphatic imine (C=N–C) groups is 1. The van der Waals surface area contributed by atoms with Crippen molar-refractivity contribution in [3.63, 3.8) is 0 Å². The summed E-state index contributed by atoms with van der Waals surface area (Å²) in [5.41, 5.74) is 0. The van der Waals surface area contributed by atoms with Gasteiger partial charge in [-0.15, -0.1) is 0 Å². The predicted octanol–water partition coefficient (Wildman–Crippen LogP) is 1.93. The third kappa shape index (κ3) is 6.81. The quantitative estimate of drug-likeness (QED) is 0.547. The highest BCUT2D eigenvalue weighted by Crippen LogP contribution is 2.15. The van der Waals surface area contributed by atoms with E-state index >= 15 is 0 Å². The first-order chi connectivity index (χ1) is 9.15. The van der Waals surface area contributed by atoms with Crippen molar-refractivity contribution in [3.8, 4) is 0 Å². The molecule has 1 atom stereocenters. The maximum Gasteiger partial charge on any atom is 0.191 e. The van der Waals surface area contributed by atoms with Gasteiger partial charge in [0.05, 0.1) is 0 Å². The number of guanidine groups is 1. The van der Waals surface area contributed by atoms with E-state index in [-0.39, 0.29) is 0 Å². The fraction of sp³-hybridized carbons (Fsp3) is 0.933. The van der Waals surface area contributed by atoms with Gasteiger partial charge in [-0.1, -0.05) is 20.8 Å². The first-order valence-electron chi connectivity index (χ1n) is 7.90. The Morgan fingerprint density at radius 3 is 2.68 bits per heavy atom. The molecule has 4 heteroatoms. The van der Waals surface area contributed by atoms with Crippen molar-refractivity contribution in [1.29, 1.82) is 0 Å². The Bertz CT molecular complexity index is 263. The van der Waals surface area contributed by atoms with Crippen LogP contribution in [0.4, 0.5) is 0 Å². The van der Waals surface area contributed by atoms with Crippen molar-refractivity contribution in [2.24, 2.45) is 16.8 Å². The summed E-state index contributed by atoms with van der Waals surface area (Å²) in [7, 11) is 0. The first-order valence-corrected chi connectivity index (χ1v) is 7.90. The minimum atomic E-state index is 0.737. The number of nitrogens with zero attached hydrogens (tertiary/aromatic N) is 2. The monoisotopic (exact) mass is 268 g/mol. The van der Waals surface area contributed by atoms with E-state index in [0.717, 1.165) is 37.4 Å². The lowest BCUT2D eigenvalue weighted by atomic mass is 10.1. The molecule has 1 saturated heterocycles. The zero-order valence-electron chi connectivity index (χ0n) is 13.2. The number of likely N-dealkylation sites (tertiary alicyclic amines) is 1. The largest absolute Gasteiger partial charge is 0.357 e. The van der Waals surface area contributed by atoms with E-state index in [2.05, 4.69) is 43.2 Å². The predicted molar refractivity (Wildman–Crippen MR) is 83.7 cm³/mol. The molecule has 0 saturated carbocycles. The molecule has 1 unspecified atom stereocenters. The second-order valence-corrected chi connectivity index (χ2v) is 5.88. The summed E-state index contributed by atoms with van der Waals surface area (Å²) in [6.07, 6.45) is 2.49. The smallest absolute Gasteiger partial charge is 0.191 e. The summed E-state index contributed by atoms with van der Waals surface area (Å²) in [5.74, 6) is 2.46. The average molecular weight is 268 g/mol. The minimum absolute atomic E-state index is 0.737. The fourth-order valence-corrected chi connectivity index (χ4v) is 2.39. The Morgan fingerprint density at radius 1 is 1.32 bits per heavy atom. The van der Waals surface area contributed by atoms with Crippen molar-refractivity contribution in [2.45, 2.75) is 40.5 Å². The normalized spacial score (nSPS) is 21.1. The molecule has 1 rings (SSSR count). The van der Waals surface area contributed by atoms with Crippen LogP contribution in [0, 0.1) is 11.8 Å². The second kappa shape index (κ2) is 9.18. The Morgan fingerprint density at radius 2 is 2.11 bits per heavy atom. The van der Waals surface area contributed by atoms with E-state index < -0.39 is 0 Å². The number of rotatable bonds is 7. The van der Waals surface area contributed by atoms with E-state index in [1.54, 1.807) is 0 Å². The van der Waals surface area contributed by atoms with Crippen molar-refractivity contribution in [3.05, 3.63) is 0 Å². The zero-order valence-corrected chi connectivity index (χ0v) is 13.2. The average Bonchev–Trinajstić information content (AvgIpc) is 2.83. The van der Waals surface area contributed by atoms with Gasteiger partial charge in [0.1, 0.15) is 0 Å². The molecule has 0 spiro atoms. The van der Waals surface area contributed by atoms with Gasteiger partial charge in [-0.25, -0.2) is 0 Å². The molecule has 4 nitrogen and oxygen atoms in total. The van der Waals surface area contributed by atoms with Gasteiger partial charge in [0.15, 0.2) is 5.96 Å². The van der Waals surface area contributed by atoms with E-state index in [4.69, 9.17) is 4.99 Å². The molecule has 2 N–H and O–H groups in total. The Balaban J connectivity index is 2.31. The Hall–Kier alpha value is -0.770. The summed E-state index contributed by atoms with van der Waals surface area (Å²) in [6.45, 7) is 15.4. The molecular weight excluding hydrogens is 236 g/mol. The third-order valence-electron chi connectivity index (χ3n) is 3.68. The van der Waals surface area contributed by atoms with Gasteiger partial charge < -0.3 is 15.5 Å². The SMILES string of the molecule is CCNC(=NCC1CCN(CC)C1)NCCC(C)C. The standard InChI is InChI=1S/C15H32N4/c1-5-16-15(17-9-7-13(3)4)18-11-14-8-10-19(6-2)12-14/h13-14H,5-12H2,1-4H3,(H2,16,17,18). The lowest BCUT2D eigenvalue weighted by molar-refractivity contribution is 0.343. The molecule has 1 heterocycles. The van der Waals surface area contributed by atoms with Gasteiger partial charge in [-0.05, 0) is 44.7 Å². The van der Waals surface area contributed by atoms with Crippen LogP contribution in [-0.4, -0.2) is 50.1 Å². The van der Waals surface area contributed by atoms with Crippen molar-refractivity contribution in [2.75, 3.05) is 39.3 Å². The van der Waals surface area contributed by atoms with Gasteiger partial charge in [0, 0.05) is 26.2 Å². The lowest BCUT2D eigenvalue weighted by Gasteiger charge is -2.14. The van der Waals surface area contributed by atoms with Gasteiger partial charge in [0.2, 0.25) is 0 Å². The molecule has 0 bridgehead atoms. The summed E-state index contributed by atoms with van der Waals surface area (Å²) in [6, 6.07) is 0. The molecular formula is C15H32N4. The number of nitrogens with one attached hydrogen (secondary N) is 2. The summed E-state index contributed by atoms with van der Waals surface area (Å²) < 4.78 is 0. The molecule has 0 aromatic rings. The number of hydrogen-bond acceptors (Lipinski definition) is 2. The van der Waals surface area contributed by atoms with Crippen LogP contribution in [0.1, 0.15) is 40.5 Å². The summed E-state index contributed by atoms with van der Waals surface area (Å²) >= 11 is 0. The van der Waals surface area contributed by atoms with Gasteiger partial charge in [-0.3, -0.25) is 4.99 Å². The van der Waals surface area contributed by atoms with Gasteiger partial charge in [0.25, 0.3) is 0 Å². The molecule has 0 aliphatic carbocycles.